The lowest BCUT2D eigenvalue weighted by Gasteiger charge is -2.37. The first-order chi connectivity index (χ1) is 10.7. The van der Waals surface area contributed by atoms with Gasteiger partial charge in [0, 0.05) is 24.7 Å². The highest BCUT2D eigenvalue weighted by Gasteiger charge is 2.26. The van der Waals surface area contributed by atoms with Crippen molar-refractivity contribution in [2.24, 2.45) is 0 Å². The molecule has 3 rings (SSSR count). The third kappa shape index (κ3) is 2.71. The zero-order valence-electron chi connectivity index (χ0n) is 13.3. The lowest BCUT2D eigenvalue weighted by Crippen LogP contribution is -2.32. The van der Waals surface area contributed by atoms with Crippen LogP contribution in [-0.2, 0) is 13.0 Å². The van der Waals surface area contributed by atoms with Gasteiger partial charge in [0.1, 0.15) is 0 Å². The summed E-state index contributed by atoms with van der Waals surface area (Å²) in [4.78, 5) is 2.33. The average molecular weight is 289 g/mol. The molecule has 1 aliphatic rings. The second-order valence-electron chi connectivity index (χ2n) is 5.93. The number of aryl methyl sites for hydroxylation is 1. The fraction of sp³-hybridized carbons (Fsp3) is 0.238. The van der Waals surface area contributed by atoms with Crippen molar-refractivity contribution in [1.29, 1.82) is 0 Å². The molecule has 0 amide bonds. The van der Waals surface area contributed by atoms with Crippen LogP contribution in [0.1, 0.15) is 35.1 Å². The number of rotatable bonds is 4. The summed E-state index contributed by atoms with van der Waals surface area (Å²) in [5.41, 5.74) is 6.67. The molecule has 1 heteroatoms. The summed E-state index contributed by atoms with van der Waals surface area (Å²) in [5, 5.41) is 0. The smallest absolute Gasteiger partial charge is 0.0432 e. The molecule has 112 valence electrons. The maximum Gasteiger partial charge on any atom is 0.0432 e. The first kappa shape index (κ1) is 14.6. The Morgan fingerprint density at radius 1 is 1.23 bits per heavy atom. The van der Waals surface area contributed by atoms with Gasteiger partial charge in [0.15, 0.2) is 0 Å². The lowest BCUT2D eigenvalue weighted by atomic mass is 9.83. The van der Waals surface area contributed by atoms with Crippen molar-refractivity contribution in [3.63, 3.8) is 0 Å². The van der Waals surface area contributed by atoms with Gasteiger partial charge >= 0.3 is 0 Å². The highest BCUT2D eigenvalue weighted by atomic mass is 15.1. The van der Waals surface area contributed by atoms with E-state index in [1.807, 2.05) is 6.08 Å². The summed E-state index contributed by atoms with van der Waals surface area (Å²) in [6.07, 6.45) is 2.94. The molecule has 0 aromatic heterocycles. The Balaban J connectivity index is 2.07. The maximum atomic E-state index is 4.14. The zero-order chi connectivity index (χ0) is 15.5. The van der Waals surface area contributed by atoms with Gasteiger partial charge in [-0.15, -0.1) is 0 Å². The number of benzene rings is 2. The summed E-state index contributed by atoms with van der Waals surface area (Å²) < 4.78 is 0. The SMILES string of the molecule is C=CC(=C)N1Cc2ccc(CC)cc2C(c2ccccc2)C1. The highest BCUT2D eigenvalue weighted by molar-refractivity contribution is 5.43. The van der Waals surface area contributed by atoms with E-state index < -0.39 is 0 Å². The summed E-state index contributed by atoms with van der Waals surface area (Å²) in [6, 6.07) is 17.7. The molecule has 0 spiro atoms. The van der Waals surface area contributed by atoms with E-state index >= 15 is 0 Å². The fourth-order valence-corrected chi connectivity index (χ4v) is 3.24. The Morgan fingerprint density at radius 3 is 2.68 bits per heavy atom. The van der Waals surface area contributed by atoms with Gasteiger partial charge in [0.05, 0.1) is 0 Å². The van der Waals surface area contributed by atoms with Crippen LogP contribution >= 0.6 is 0 Å². The summed E-state index contributed by atoms with van der Waals surface area (Å²) in [6.45, 7) is 12.1. The lowest BCUT2D eigenvalue weighted by molar-refractivity contribution is 0.314. The molecule has 0 saturated heterocycles. The van der Waals surface area contributed by atoms with Crippen molar-refractivity contribution in [3.8, 4) is 0 Å². The first-order valence-corrected chi connectivity index (χ1v) is 7.96. The molecule has 0 saturated carbocycles. The van der Waals surface area contributed by atoms with Crippen LogP contribution in [-0.4, -0.2) is 11.4 Å². The highest BCUT2D eigenvalue weighted by Crippen LogP contribution is 2.35. The molecular formula is C21H23N. The monoisotopic (exact) mass is 289 g/mol. The van der Waals surface area contributed by atoms with Crippen molar-refractivity contribution in [3.05, 3.63) is 95.7 Å². The quantitative estimate of drug-likeness (QED) is 0.724. The van der Waals surface area contributed by atoms with Gasteiger partial charge in [0.25, 0.3) is 0 Å². The van der Waals surface area contributed by atoms with Gasteiger partial charge in [-0.1, -0.05) is 68.6 Å². The van der Waals surface area contributed by atoms with Crippen LogP contribution in [0.5, 0.6) is 0 Å². The van der Waals surface area contributed by atoms with Crippen LogP contribution in [0.4, 0.5) is 0 Å². The van der Waals surface area contributed by atoms with E-state index in [-0.39, 0.29) is 0 Å². The number of allylic oxidation sites excluding steroid dienone is 1. The zero-order valence-corrected chi connectivity index (χ0v) is 13.3. The van der Waals surface area contributed by atoms with E-state index in [0.29, 0.717) is 5.92 Å². The third-order valence-corrected chi connectivity index (χ3v) is 4.60. The maximum absolute atomic E-state index is 4.14. The molecule has 2 aromatic rings. The predicted octanol–water partition coefficient (Wildman–Crippen LogP) is 4.90. The predicted molar refractivity (Wildman–Crippen MR) is 93.9 cm³/mol. The van der Waals surface area contributed by atoms with Crippen molar-refractivity contribution in [1.82, 2.24) is 4.90 Å². The molecule has 1 heterocycles. The third-order valence-electron chi connectivity index (χ3n) is 4.60. The van der Waals surface area contributed by atoms with Crippen molar-refractivity contribution < 1.29 is 0 Å². The number of hydrogen-bond donors (Lipinski definition) is 0. The Bertz CT molecular complexity index is 684. The summed E-state index contributed by atoms with van der Waals surface area (Å²) in [7, 11) is 0. The number of hydrogen-bond acceptors (Lipinski definition) is 1. The molecule has 1 nitrogen and oxygen atoms in total. The fourth-order valence-electron chi connectivity index (χ4n) is 3.24. The second kappa shape index (κ2) is 6.23. The van der Waals surface area contributed by atoms with Gasteiger partial charge in [-0.3, -0.25) is 0 Å². The van der Waals surface area contributed by atoms with Gasteiger partial charge in [-0.2, -0.15) is 0 Å². The largest absolute Gasteiger partial charge is 0.367 e. The summed E-state index contributed by atoms with van der Waals surface area (Å²) in [5.74, 6) is 0.396. The van der Waals surface area contributed by atoms with Gasteiger partial charge < -0.3 is 4.90 Å². The molecule has 0 bridgehead atoms. The van der Waals surface area contributed by atoms with E-state index in [4.69, 9.17) is 0 Å². The molecule has 0 aliphatic carbocycles. The Labute approximate surface area is 133 Å². The van der Waals surface area contributed by atoms with Gasteiger partial charge in [-0.25, -0.2) is 0 Å². The Morgan fingerprint density at radius 2 is 2.00 bits per heavy atom. The van der Waals surface area contributed by atoms with Crippen LogP contribution in [0.15, 0.2) is 73.5 Å². The van der Waals surface area contributed by atoms with Gasteiger partial charge in [0.2, 0.25) is 0 Å². The molecular weight excluding hydrogens is 266 g/mol. The Hall–Kier alpha value is -2.28. The topological polar surface area (TPSA) is 3.24 Å². The molecule has 1 aliphatic heterocycles. The van der Waals surface area contributed by atoms with E-state index in [2.05, 4.69) is 73.5 Å². The molecule has 1 unspecified atom stereocenters. The van der Waals surface area contributed by atoms with Crippen molar-refractivity contribution in [2.75, 3.05) is 6.54 Å². The standard InChI is InChI=1S/C21H23N/c1-4-16(3)22-14-19-12-11-17(5-2)13-20(19)21(15-22)18-9-7-6-8-10-18/h4,6-13,21H,1,3,5,14-15H2,2H3. The van der Waals surface area contributed by atoms with E-state index in [1.165, 1.54) is 22.3 Å². The minimum atomic E-state index is 0.396. The summed E-state index contributed by atoms with van der Waals surface area (Å²) >= 11 is 0. The molecule has 0 N–H and O–H groups in total. The number of fused-ring (bicyclic) bond motifs is 1. The van der Waals surface area contributed by atoms with Crippen LogP contribution in [0.3, 0.4) is 0 Å². The van der Waals surface area contributed by atoms with Crippen LogP contribution in [0.25, 0.3) is 0 Å². The minimum Gasteiger partial charge on any atom is -0.367 e. The van der Waals surface area contributed by atoms with Crippen molar-refractivity contribution in [2.45, 2.75) is 25.8 Å². The van der Waals surface area contributed by atoms with Crippen molar-refractivity contribution >= 4 is 0 Å². The van der Waals surface area contributed by atoms with Gasteiger partial charge in [-0.05, 0) is 34.8 Å². The molecule has 0 radical (unpaired) electrons. The minimum absolute atomic E-state index is 0.396. The normalized spacial score (nSPS) is 17.0. The van der Waals surface area contributed by atoms with Crippen LogP contribution < -0.4 is 0 Å². The average Bonchev–Trinajstić information content (AvgIpc) is 2.60. The molecule has 1 atom stereocenters. The van der Waals surface area contributed by atoms with E-state index in [9.17, 15) is 0 Å². The molecule has 2 aromatic carbocycles. The van der Waals surface area contributed by atoms with E-state index in [1.54, 1.807) is 0 Å². The second-order valence-corrected chi connectivity index (χ2v) is 5.93. The number of nitrogens with zero attached hydrogens (tertiary/aromatic N) is 1. The molecule has 22 heavy (non-hydrogen) atoms. The van der Waals surface area contributed by atoms with Crippen LogP contribution in [0, 0.1) is 0 Å². The molecule has 0 fully saturated rings. The Kier molecular flexibility index (Phi) is 4.15. The van der Waals surface area contributed by atoms with Crippen LogP contribution in [0.2, 0.25) is 0 Å². The van der Waals surface area contributed by atoms with E-state index in [0.717, 1.165) is 25.2 Å². The first-order valence-electron chi connectivity index (χ1n) is 7.96.